The molecule has 0 radical (unpaired) electrons. The molecule has 7 nitrogen and oxygen atoms in total. The summed E-state index contributed by atoms with van der Waals surface area (Å²) in [6.07, 6.45) is 2.75. The maximum Gasteiger partial charge on any atom is 0.272 e. The lowest BCUT2D eigenvalue weighted by molar-refractivity contribution is 0.0589. The van der Waals surface area contributed by atoms with Crippen LogP contribution in [0, 0.1) is 0 Å². The Morgan fingerprint density at radius 1 is 1.04 bits per heavy atom. The molecule has 0 unspecified atom stereocenters. The number of primary amides is 1. The minimum absolute atomic E-state index is 0.0161. The minimum Gasteiger partial charge on any atom is -0.490 e. The summed E-state index contributed by atoms with van der Waals surface area (Å²) in [5.41, 5.74) is 6.39. The Morgan fingerprint density at radius 3 is 2.19 bits per heavy atom. The Labute approximate surface area is 157 Å². The molecule has 1 aromatic heterocycles. The van der Waals surface area contributed by atoms with E-state index in [1.807, 2.05) is 0 Å². The van der Waals surface area contributed by atoms with E-state index in [4.69, 9.17) is 10.5 Å². The smallest absolute Gasteiger partial charge is 0.272 e. The number of piperidine rings is 1. The van der Waals surface area contributed by atoms with Gasteiger partial charge in [0.05, 0.1) is 5.56 Å². The second-order valence-corrected chi connectivity index (χ2v) is 6.49. The third kappa shape index (κ3) is 4.49. The number of ether oxygens (including phenoxy) is 1. The molecule has 7 heteroatoms. The summed E-state index contributed by atoms with van der Waals surface area (Å²) in [6, 6.07) is 10.1. The van der Waals surface area contributed by atoms with E-state index < -0.39 is 5.91 Å². The number of amides is 2. The van der Waals surface area contributed by atoms with E-state index in [0.717, 1.165) is 0 Å². The highest BCUT2D eigenvalue weighted by atomic mass is 16.5. The van der Waals surface area contributed by atoms with E-state index in [-0.39, 0.29) is 23.4 Å². The van der Waals surface area contributed by atoms with Crippen LogP contribution in [0.15, 0.2) is 42.6 Å². The standard InChI is InChI=1S/C20H21N3O4/c1-13(24)14-2-5-16(6-3-14)27-17-8-10-23(11-9-17)20(26)18-7-4-15(12-22-18)19(21)25/h2-7,12,17H,8-11H2,1H3,(H2,21,25). The molecular formula is C20H21N3O4. The minimum atomic E-state index is -0.573. The topological polar surface area (TPSA) is 103 Å². The summed E-state index contributed by atoms with van der Waals surface area (Å²) in [7, 11) is 0. The van der Waals surface area contributed by atoms with Crippen molar-refractivity contribution in [2.45, 2.75) is 25.9 Å². The van der Waals surface area contributed by atoms with Crippen molar-refractivity contribution in [3.63, 3.8) is 0 Å². The van der Waals surface area contributed by atoms with Gasteiger partial charge in [0.2, 0.25) is 5.91 Å². The van der Waals surface area contributed by atoms with Gasteiger partial charge in [-0.3, -0.25) is 19.4 Å². The number of aromatic nitrogens is 1. The number of hydrogen-bond acceptors (Lipinski definition) is 5. The van der Waals surface area contributed by atoms with Crippen molar-refractivity contribution < 1.29 is 19.1 Å². The van der Waals surface area contributed by atoms with Crippen molar-refractivity contribution in [3.05, 3.63) is 59.4 Å². The van der Waals surface area contributed by atoms with Crippen LogP contribution in [0.25, 0.3) is 0 Å². The normalized spacial score (nSPS) is 14.6. The van der Waals surface area contributed by atoms with Gasteiger partial charge in [0.15, 0.2) is 5.78 Å². The van der Waals surface area contributed by atoms with Gasteiger partial charge in [-0.25, -0.2) is 0 Å². The number of Topliss-reactive ketones (excluding diaryl/α,β-unsaturated/α-hetero) is 1. The first-order chi connectivity index (χ1) is 12.9. The molecule has 2 aromatic rings. The quantitative estimate of drug-likeness (QED) is 0.815. The molecule has 0 atom stereocenters. The van der Waals surface area contributed by atoms with Crippen LogP contribution in [0.5, 0.6) is 5.75 Å². The van der Waals surface area contributed by atoms with Crippen LogP contribution in [0.4, 0.5) is 0 Å². The average Bonchev–Trinajstić information content (AvgIpc) is 2.68. The van der Waals surface area contributed by atoms with Gasteiger partial charge in [-0.1, -0.05) is 0 Å². The predicted octanol–water partition coefficient (Wildman–Crippen LogP) is 2.07. The number of rotatable bonds is 5. The highest BCUT2D eigenvalue weighted by Gasteiger charge is 2.25. The molecule has 140 valence electrons. The monoisotopic (exact) mass is 367 g/mol. The Balaban J connectivity index is 1.54. The Bertz CT molecular complexity index is 839. The summed E-state index contributed by atoms with van der Waals surface area (Å²) >= 11 is 0. The van der Waals surface area contributed by atoms with E-state index in [1.54, 1.807) is 29.2 Å². The molecule has 0 spiro atoms. The molecule has 0 bridgehead atoms. The SMILES string of the molecule is CC(=O)c1ccc(OC2CCN(C(=O)c3ccc(C(N)=O)cn3)CC2)cc1. The van der Waals surface area contributed by atoms with Crippen molar-refractivity contribution in [2.75, 3.05) is 13.1 Å². The number of nitrogens with two attached hydrogens (primary N) is 1. The van der Waals surface area contributed by atoms with E-state index >= 15 is 0 Å². The summed E-state index contributed by atoms with van der Waals surface area (Å²) in [4.78, 5) is 40.7. The fraction of sp³-hybridized carbons (Fsp3) is 0.300. The van der Waals surface area contributed by atoms with Crippen LogP contribution in [0.3, 0.4) is 0 Å². The van der Waals surface area contributed by atoms with Gasteiger partial charge >= 0.3 is 0 Å². The van der Waals surface area contributed by atoms with Crippen LogP contribution >= 0.6 is 0 Å². The molecule has 27 heavy (non-hydrogen) atoms. The number of pyridine rings is 1. The van der Waals surface area contributed by atoms with Gasteiger partial charge in [0, 0.05) is 37.7 Å². The number of nitrogens with zero attached hydrogens (tertiary/aromatic N) is 2. The third-order valence-corrected chi connectivity index (χ3v) is 4.56. The zero-order valence-electron chi connectivity index (χ0n) is 15.1. The molecule has 1 saturated heterocycles. The molecule has 1 aliphatic rings. The number of hydrogen-bond donors (Lipinski definition) is 1. The van der Waals surface area contributed by atoms with Crippen LogP contribution in [-0.4, -0.2) is 46.7 Å². The molecule has 1 aliphatic heterocycles. The van der Waals surface area contributed by atoms with Gasteiger partial charge in [0.25, 0.3) is 5.91 Å². The number of carbonyl (C=O) groups is 3. The largest absolute Gasteiger partial charge is 0.490 e. The number of carbonyl (C=O) groups excluding carboxylic acids is 3. The molecule has 2 amide bonds. The fourth-order valence-corrected chi connectivity index (χ4v) is 2.97. The second kappa shape index (κ2) is 7.99. The zero-order valence-corrected chi connectivity index (χ0v) is 15.1. The Kier molecular flexibility index (Phi) is 5.49. The molecule has 0 aliphatic carbocycles. The first kappa shape index (κ1) is 18.6. The van der Waals surface area contributed by atoms with Crippen molar-refractivity contribution in [2.24, 2.45) is 5.73 Å². The summed E-state index contributed by atoms with van der Waals surface area (Å²) in [5, 5.41) is 0. The van der Waals surface area contributed by atoms with Gasteiger partial charge in [-0.2, -0.15) is 0 Å². The van der Waals surface area contributed by atoms with Gasteiger partial charge in [-0.15, -0.1) is 0 Å². The highest BCUT2D eigenvalue weighted by molar-refractivity contribution is 5.95. The highest BCUT2D eigenvalue weighted by Crippen LogP contribution is 2.20. The summed E-state index contributed by atoms with van der Waals surface area (Å²) < 4.78 is 5.95. The number of benzene rings is 1. The van der Waals surface area contributed by atoms with Crippen LogP contribution < -0.4 is 10.5 Å². The lowest BCUT2D eigenvalue weighted by Gasteiger charge is -2.32. The molecule has 3 rings (SSSR count). The van der Waals surface area contributed by atoms with Crippen LogP contribution in [0.2, 0.25) is 0 Å². The second-order valence-electron chi connectivity index (χ2n) is 6.49. The van der Waals surface area contributed by atoms with E-state index in [9.17, 15) is 14.4 Å². The summed E-state index contributed by atoms with van der Waals surface area (Å²) in [6.45, 7) is 2.65. The van der Waals surface area contributed by atoms with Crippen molar-refractivity contribution in [1.82, 2.24) is 9.88 Å². The number of ketones is 1. The summed E-state index contributed by atoms with van der Waals surface area (Å²) in [5.74, 6) is -0.00888. The Hall–Kier alpha value is -3.22. The van der Waals surface area contributed by atoms with Crippen molar-refractivity contribution >= 4 is 17.6 Å². The number of likely N-dealkylation sites (tertiary alicyclic amines) is 1. The zero-order chi connectivity index (χ0) is 19.4. The Morgan fingerprint density at radius 2 is 1.67 bits per heavy atom. The van der Waals surface area contributed by atoms with Gasteiger partial charge in [-0.05, 0) is 43.3 Å². The molecule has 1 fully saturated rings. The molecule has 2 N–H and O–H groups in total. The molecule has 0 saturated carbocycles. The first-order valence-corrected chi connectivity index (χ1v) is 8.77. The maximum atomic E-state index is 12.5. The fourth-order valence-electron chi connectivity index (χ4n) is 2.97. The van der Waals surface area contributed by atoms with Gasteiger partial charge in [0.1, 0.15) is 17.5 Å². The third-order valence-electron chi connectivity index (χ3n) is 4.56. The van der Waals surface area contributed by atoms with Crippen molar-refractivity contribution in [1.29, 1.82) is 0 Å². The molecule has 1 aromatic carbocycles. The van der Waals surface area contributed by atoms with E-state index in [1.165, 1.54) is 25.3 Å². The van der Waals surface area contributed by atoms with Gasteiger partial charge < -0.3 is 15.4 Å². The predicted molar refractivity (Wildman–Crippen MR) is 98.8 cm³/mol. The van der Waals surface area contributed by atoms with E-state index in [0.29, 0.717) is 42.9 Å². The lowest BCUT2D eigenvalue weighted by Crippen LogP contribution is -2.42. The van der Waals surface area contributed by atoms with Crippen LogP contribution in [-0.2, 0) is 0 Å². The van der Waals surface area contributed by atoms with Crippen molar-refractivity contribution in [3.8, 4) is 5.75 Å². The average molecular weight is 367 g/mol. The first-order valence-electron chi connectivity index (χ1n) is 8.77. The van der Waals surface area contributed by atoms with E-state index in [2.05, 4.69) is 4.98 Å². The molecular weight excluding hydrogens is 346 g/mol. The van der Waals surface area contributed by atoms with Crippen LogP contribution in [0.1, 0.15) is 51.0 Å². The molecule has 2 heterocycles. The maximum absolute atomic E-state index is 12.5. The lowest BCUT2D eigenvalue weighted by atomic mass is 10.1.